The Morgan fingerprint density at radius 1 is 1.33 bits per heavy atom. The van der Waals surface area contributed by atoms with Gasteiger partial charge in [0.2, 0.25) is 0 Å². The van der Waals surface area contributed by atoms with E-state index in [1.54, 1.807) is 24.5 Å². The number of nitro benzene ring substituents is 1. The fraction of sp³-hybridized carbons (Fsp3) is 0.267. The van der Waals surface area contributed by atoms with Crippen molar-refractivity contribution >= 4 is 17.1 Å². The Labute approximate surface area is 123 Å². The third-order valence-corrected chi connectivity index (χ3v) is 3.23. The molecule has 0 saturated heterocycles. The van der Waals surface area contributed by atoms with E-state index in [1.165, 1.54) is 6.07 Å². The van der Waals surface area contributed by atoms with E-state index in [9.17, 15) is 10.1 Å². The van der Waals surface area contributed by atoms with Crippen molar-refractivity contribution in [2.75, 3.05) is 24.3 Å². The van der Waals surface area contributed by atoms with Crippen molar-refractivity contribution in [3.05, 3.63) is 58.4 Å². The number of aromatic nitrogens is 1. The lowest BCUT2D eigenvalue weighted by atomic mass is 10.1. The van der Waals surface area contributed by atoms with Crippen LogP contribution in [0.5, 0.6) is 0 Å². The van der Waals surface area contributed by atoms with Gasteiger partial charge in [-0.05, 0) is 18.6 Å². The van der Waals surface area contributed by atoms with E-state index in [0.29, 0.717) is 0 Å². The molecule has 1 unspecified atom stereocenters. The molecule has 0 saturated carbocycles. The van der Waals surface area contributed by atoms with Crippen LogP contribution in [-0.4, -0.2) is 24.0 Å². The quantitative estimate of drug-likeness (QED) is 0.675. The molecule has 1 aromatic carbocycles. The number of pyridine rings is 1. The van der Waals surface area contributed by atoms with E-state index in [4.69, 9.17) is 0 Å². The van der Waals surface area contributed by atoms with E-state index in [1.807, 2.05) is 38.1 Å². The van der Waals surface area contributed by atoms with Gasteiger partial charge in [-0.25, -0.2) is 0 Å². The van der Waals surface area contributed by atoms with Crippen molar-refractivity contribution in [1.82, 2.24) is 4.98 Å². The average molecular weight is 286 g/mol. The van der Waals surface area contributed by atoms with Crippen molar-refractivity contribution in [2.24, 2.45) is 0 Å². The fourth-order valence-electron chi connectivity index (χ4n) is 2.11. The normalized spacial score (nSPS) is 11.8. The summed E-state index contributed by atoms with van der Waals surface area (Å²) in [6.45, 7) is 1.96. The smallest absolute Gasteiger partial charge is 0.269 e. The zero-order chi connectivity index (χ0) is 15.4. The molecule has 0 bridgehead atoms. The van der Waals surface area contributed by atoms with E-state index in [-0.39, 0.29) is 16.7 Å². The summed E-state index contributed by atoms with van der Waals surface area (Å²) in [4.78, 5) is 16.6. The highest BCUT2D eigenvalue weighted by Crippen LogP contribution is 2.28. The molecule has 0 aliphatic heterocycles. The number of nitro groups is 1. The zero-order valence-corrected chi connectivity index (χ0v) is 12.3. The van der Waals surface area contributed by atoms with Crippen LogP contribution in [0.1, 0.15) is 18.5 Å². The van der Waals surface area contributed by atoms with Gasteiger partial charge in [0.05, 0.1) is 22.5 Å². The van der Waals surface area contributed by atoms with Crippen LogP contribution in [0.2, 0.25) is 0 Å². The van der Waals surface area contributed by atoms with Crippen LogP contribution >= 0.6 is 0 Å². The molecule has 0 fully saturated rings. The standard InChI is InChI=1S/C15H18N4O2/c1-11(12-5-4-6-13(9-12)19(20)21)17-14-10-16-8-7-15(14)18(2)3/h4-11,17H,1-3H3. The number of anilines is 2. The van der Waals surface area contributed by atoms with Crippen molar-refractivity contribution in [2.45, 2.75) is 13.0 Å². The molecule has 1 aromatic heterocycles. The Bertz CT molecular complexity index is 643. The molecule has 0 aliphatic rings. The molecular weight excluding hydrogens is 268 g/mol. The second-order valence-electron chi connectivity index (χ2n) is 5.01. The van der Waals surface area contributed by atoms with Crippen LogP contribution in [0.15, 0.2) is 42.7 Å². The fourth-order valence-corrected chi connectivity index (χ4v) is 2.11. The first-order chi connectivity index (χ1) is 9.99. The molecule has 21 heavy (non-hydrogen) atoms. The highest BCUT2D eigenvalue weighted by Gasteiger charge is 2.13. The Morgan fingerprint density at radius 3 is 2.76 bits per heavy atom. The molecule has 0 amide bonds. The van der Waals surface area contributed by atoms with Crippen LogP contribution in [0.25, 0.3) is 0 Å². The molecule has 1 heterocycles. The number of benzene rings is 1. The van der Waals surface area contributed by atoms with Gasteiger partial charge in [0, 0.05) is 38.5 Å². The molecule has 1 atom stereocenters. The number of nitrogens with one attached hydrogen (secondary N) is 1. The molecule has 2 aromatic rings. The van der Waals surface area contributed by atoms with E-state index < -0.39 is 0 Å². The maximum absolute atomic E-state index is 10.8. The summed E-state index contributed by atoms with van der Waals surface area (Å²) in [7, 11) is 3.91. The summed E-state index contributed by atoms with van der Waals surface area (Å²) in [5, 5.41) is 14.2. The predicted molar refractivity (Wildman–Crippen MR) is 83.7 cm³/mol. The summed E-state index contributed by atoms with van der Waals surface area (Å²) >= 11 is 0. The summed E-state index contributed by atoms with van der Waals surface area (Å²) in [5.41, 5.74) is 2.86. The van der Waals surface area contributed by atoms with Crippen molar-refractivity contribution < 1.29 is 4.92 Å². The van der Waals surface area contributed by atoms with Crippen LogP contribution in [-0.2, 0) is 0 Å². The predicted octanol–water partition coefficient (Wildman–Crippen LogP) is 3.23. The summed E-state index contributed by atoms with van der Waals surface area (Å²) in [5.74, 6) is 0. The molecule has 2 rings (SSSR count). The SMILES string of the molecule is CC(Nc1cnccc1N(C)C)c1cccc([N+](=O)[O-])c1. The van der Waals surface area contributed by atoms with Crippen LogP contribution in [0.3, 0.4) is 0 Å². The van der Waals surface area contributed by atoms with Crippen LogP contribution in [0.4, 0.5) is 17.1 Å². The van der Waals surface area contributed by atoms with Gasteiger partial charge in [-0.1, -0.05) is 12.1 Å². The Kier molecular flexibility index (Phi) is 4.37. The molecule has 110 valence electrons. The van der Waals surface area contributed by atoms with Crippen molar-refractivity contribution in [3.8, 4) is 0 Å². The second-order valence-corrected chi connectivity index (χ2v) is 5.01. The third-order valence-electron chi connectivity index (χ3n) is 3.23. The maximum Gasteiger partial charge on any atom is 0.269 e. The second kappa shape index (κ2) is 6.21. The van der Waals surface area contributed by atoms with Crippen LogP contribution < -0.4 is 10.2 Å². The molecule has 0 radical (unpaired) electrons. The molecule has 0 aliphatic carbocycles. The minimum absolute atomic E-state index is 0.0622. The molecule has 6 nitrogen and oxygen atoms in total. The third kappa shape index (κ3) is 3.47. The van der Waals surface area contributed by atoms with E-state index >= 15 is 0 Å². The Hall–Kier alpha value is -2.63. The highest BCUT2D eigenvalue weighted by molar-refractivity contribution is 5.68. The number of rotatable bonds is 5. The van der Waals surface area contributed by atoms with Gasteiger partial charge in [0.25, 0.3) is 5.69 Å². The number of hydrogen-bond donors (Lipinski definition) is 1. The average Bonchev–Trinajstić information content (AvgIpc) is 2.47. The minimum atomic E-state index is -0.383. The van der Waals surface area contributed by atoms with Gasteiger partial charge in [0.15, 0.2) is 0 Å². The first-order valence-electron chi connectivity index (χ1n) is 6.61. The molecule has 0 spiro atoms. The largest absolute Gasteiger partial charge is 0.376 e. The Balaban J connectivity index is 2.24. The van der Waals surface area contributed by atoms with E-state index in [0.717, 1.165) is 16.9 Å². The van der Waals surface area contributed by atoms with Crippen molar-refractivity contribution in [1.29, 1.82) is 0 Å². The van der Waals surface area contributed by atoms with Crippen LogP contribution in [0, 0.1) is 10.1 Å². The maximum atomic E-state index is 10.8. The highest BCUT2D eigenvalue weighted by atomic mass is 16.6. The monoisotopic (exact) mass is 286 g/mol. The van der Waals surface area contributed by atoms with Gasteiger partial charge >= 0.3 is 0 Å². The summed E-state index contributed by atoms with van der Waals surface area (Å²) < 4.78 is 0. The van der Waals surface area contributed by atoms with Crippen molar-refractivity contribution in [3.63, 3.8) is 0 Å². The molecule has 6 heteroatoms. The van der Waals surface area contributed by atoms with Gasteiger partial charge in [-0.2, -0.15) is 0 Å². The zero-order valence-electron chi connectivity index (χ0n) is 12.3. The van der Waals surface area contributed by atoms with Gasteiger partial charge in [0.1, 0.15) is 0 Å². The van der Waals surface area contributed by atoms with E-state index in [2.05, 4.69) is 10.3 Å². The summed E-state index contributed by atoms with van der Waals surface area (Å²) in [6.07, 6.45) is 3.49. The first-order valence-corrected chi connectivity index (χ1v) is 6.61. The topological polar surface area (TPSA) is 71.3 Å². The number of hydrogen-bond acceptors (Lipinski definition) is 5. The molecule has 1 N–H and O–H groups in total. The number of nitrogens with zero attached hydrogens (tertiary/aromatic N) is 3. The summed E-state index contributed by atoms with van der Waals surface area (Å²) in [6, 6.07) is 8.50. The number of non-ortho nitro benzene ring substituents is 1. The van der Waals surface area contributed by atoms with Gasteiger partial charge in [-0.15, -0.1) is 0 Å². The minimum Gasteiger partial charge on any atom is -0.376 e. The lowest BCUT2D eigenvalue weighted by molar-refractivity contribution is -0.384. The first kappa shape index (κ1) is 14.8. The lowest BCUT2D eigenvalue weighted by Gasteiger charge is -2.21. The lowest BCUT2D eigenvalue weighted by Crippen LogP contribution is -2.14. The molecular formula is C15H18N4O2. The Morgan fingerprint density at radius 2 is 2.10 bits per heavy atom. The van der Waals surface area contributed by atoms with Gasteiger partial charge < -0.3 is 10.2 Å². The van der Waals surface area contributed by atoms with Gasteiger partial charge in [-0.3, -0.25) is 15.1 Å².